The first-order chi connectivity index (χ1) is 16.0. The van der Waals surface area contributed by atoms with Crippen LogP contribution in [0.4, 0.5) is 32.6 Å². The third-order valence-electron chi connectivity index (χ3n) is 6.20. The van der Waals surface area contributed by atoms with Crippen LogP contribution in [0.2, 0.25) is 0 Å². The summed E-state index contributed by atoms with van der Waals surface area (Å²) < 4.78 is 78.4. The van der Waals surface area contributed by atoms with E-state index in [1.807, 2.05) is 0 Å². The number of carbonyl (C=O) groups is 1. The third-order valence-corrected chi connectivity index (χ3v) is 7.12. The standard InChI is InChI=1S/C22H23F5N4O2S/c1-34(33)17-3-2-14(18(23)11-17)13-30-8-9-31(21(30)32)16-4-6-29(7-5-16)20-19(24)10-15(12-28-20)22(25,26)27/h2-3,10-12,16H,4-9,13H2,1H3. The molecule has 6 nitrogen and oxygen atoms in total. The van der Waals surface area contributed by atoms with E-state index in [2.05, 4.69) is 4.98 Å². The van der Waals surface area contributed by atoms with Crippen LogP contribution in [0.1, 0.15) is 24.0 Å². The normalized spacial score (nSPS) is 18.6. The van der Waals surface area contributed by atoms with Crippen molar-refractivity contribution in [1.29, 1.82) is 0 Å². The molecule has 1 aromatic carbocycles. The van der Waals surface area contributed by atoms with Crippen LogP contribution < -0.4 is 4.90 Å². The molecule has 0 bridgehead atoms. The summed E-state index contributed by atoms with van der Waals surface area (Å²) in [5.74, 6) is -1.68. The molecule has 2 aliphatic rings. The average molecular weight is 503 g/mol. The van der Waals surface area contributed by atoms with Gasteiger partial charge in [0.05, 0.1) is 12.1 Å². The number of piperidine rings is 1. The summed E-state index contributed by atoms with van der Waals surface area (Å²) in [5.41, 5.74) is -0.802. The van der Waals surface area contributed by atoms with Crippen molar-refractivity contribution >= 4 is 22.6 Å². The minimum Gasteiger partial charge on any atom is -0.354 e. The number of nitrogens with zero attached hydrogens (tertiary/aromatic N) is 4. The fourth-order valence-corrected chi connectivity index (χ4v) is 4.86. The molecular weight excluding hydrogens is 479 g/mol. The van der Waals surface area contributed by atoms with E-state index in [0.717, 1.165) is 0 Å². The number of anilines is 1. The summed E-state index contributed by atoms with van der Waals surface area (Å²) >= 11 is 0. The smallest absolute Gasteiger partial charge is 0.354 e. The summed E-state index contributed by atoms with van der Waals surface area (Å²) in [4.78, 5) is 21.8. The van der Waals surface area contributed by atoms with E-state index < -0.39 is 34.2 Å². The van der Waals surface area contributed by atoms with Crippen LogP contribution in [0, 0.1) is 11.6 Å². The van der Waals surface area contributed by atoms with Gasteiger partial charge in [-0.1, -0.05) is 6.07 Å². The van der Waals surface area contributed by atoms with Gasteiger partial charge in [-0.15, -0.1) is 0 Å². The lowest BCUT2D eigenvalue weighted by Gasteiger charge is -2.37. The average Bonchev–Trinajstić information content (AvgIpc) is 3.14. The number of benzene rings is 1. The van der Waals surface area contributed by atoms with E-state index in [9.17, 15) is 31.0 Å². The maximum atomic E-state index is 14.4. The molecule has 12 heteroatoms. The number of amides is 2. The van der Waals surface area contributed by atoms with Crippen LogP contribution in [-0.2, 0) is 23.5 Å². The molecule has 0 aliphatic carbocycles. The van der Waals surface area contributed by atoms with E-state index in [-0.39, 0.29) is 24.4 Å². The monoisotopic (exact) mass is 502 g/mol. The second kappa shape index (κ2) is 9.47. The van der Waals surface area contributed by atoms with Crippen molar-refractivity contribution in [1.82, 2.24) is 14.8 Å². The van der Waals surface area contributed by atoms with Gasteiger partial charge < -0.3 is 14.7 Å². The van der Waals surface area contributed by atoms with E-state index in [4.69, 9.17) is 0 Å². The second-order valence-corrected chi connectivity index (χ2v) is 9.73. The number of urea groups is 1. The van der Waals surface area contributed by atoms with E-state index in [0.29, 0.717) is 61.7 Å². The molecule has 1 atom stereocenters. The maximum Gasteiger partial charge on any atom is 0.417 e. The molecule has 0 radical (unpaired) electrons. The Hall–Kier alpha value is -2.76. The van der Waals surface area contributed by atoms with Crippen LogP contribution in [0.15, 0.2) is 35.4 Å². The lowest BCUT2D eigenvalue weighted by Crippen LogP contribution is -2.47. The number of aromatic nitrogens is 1. The molecule has 4 rings (SSSR count). The van der Waals surface area contributed by atoms with Crippen LogP contribution in [-0.4, -0.2) is 63.5 Å². The highest BCUT2D eigenvalue weighted by molar-refractivity contribution is 7.84. The number of rotatable bonds is 5. The van der Waals surface area contributed by atoms with E-state index in [1.165, 1.54) is 18.4 Å². The summed E-state index contributed by atoms with van der Waals surface area (Å²) in [6, 6.07) is 4.44. The van der Waals surface area contributed by atoms with Crippen molar-refractivity contribution in [3.05, 3.63) is 53.2 Å². The molecule has 2 aromatic rings. The molecule has 184 valence electrons. The summed E-state index contributed by atoms with van der Waals surface area (Å²) in [7, 11) is -1.30. The van der Waals surface area contributed by atoms with Gasteiger partial charge in [-0.2, -0.15) is 13.2 Å². The fraction of sp³-hybridized carbons (Fsp3) is 0.455. The summed E-state index contributed by atoms with van der Waals surface area (Å²) in [5, 5.41) is 0. The lowest BCUT2D eigenvalue weighted by molar-refractivity contribution is -0.138. The summed E-state index contributed by atoms with van der Waals surface area (Å²) in [6.45, 7) is 1.67. The molecule has 34 heavy (non-hydrogen) atoms. The first kappa shape index (κ1) is 24.4. The van der Waals surface area contributed by atoms with Crippen molar-refractivity contribution in [2.45, 2.75) is 36.5 Å². The highest BCUT2D eigenvalue weighted by Gasteiger charge is 2.37. The highest BCUT2D eigenvalue weighted by atomic mass is 32.2. The molecule has 1 aromatic heterocycles. The Morgan fingerprint density at radius 2 is 1.76 bits per heavy atom. The molecule has 1 unspecified atom stereocenters. The predicted molar refractivity (Wildman–Crippen MR) is 116 cm³/mol. The van der Waals surface area contributed by atoms with Crippen LogP contribution in [0.3, 0.4) is 0 Å². The first-order valence-electron chi connectivity index (χ1n) is 10.7. The van der Waals surface area contributed by atoms with Gasteiger partial charge in [0.15, 0.2) is 11.6 Å². The Labute approximate surface area is 195 Å². The van der Waals surface area contributed by atoms with Crippen molar-refractivity contribution in [2.75, 3.05) is 37.3 Å². The molecule has 2 saturated heterocycles. The van der Waals surface area contributed by atoms with Gasteiger partial charge in [0.25, 0.3) is 0 Å². The molecule has 0 N–H and O–H groups in total. The number of carbonyl (C=O) groups excluding carboxylic acids is 1. The Balaban J connectivity index is 1.36. The van der Waals surface area contributed by atoms with Crippen molar-refractivity contribution < 1.29 is 31.0 Å². The maximum absolute atomic E-state index is 14.4. The van der Waals surface area contributed by atoms with Crippen LogP contribution in [0.25, 0.3) is 0 Å². The molecule has 2 fully saturated rings. The highest BCUT2D eigenvalue weighted by Crippen LogP contribution is 2.32. The van der Waals surface area contributed by atoms with Crippen molar-refractivity contribution in [2.24, 2.45) is 0 Å². The molecule has 0 saturated carbocycles. The topological polar surface area (TPSA) is 56.8 Å². The number of hydrogen-bond acceptors (Lipinski definition) is 4. The minimum absolute atomic E-state index is 0.0946. The number of alkyl halides is 3. The Morgan fingerprint density at radius 1 is 1.06 bits per heavy atom. The van der Waals surface area contributed by atoms with Gasteiger partial charge in [0.1, 0.15) is 5.82 Å². The Bertz CT molecular complexity index is 1110. The first-order valence-corrected chi connectivity index (χ1v) is 12.3. The van der Waals surface area contributed by atoms with E-state index >= 15 is 0 Å². The van der Waals surface area contributed by atoms with Gasteiger partial charge in [0.2, 0.25) is 0 Å². The Kier molecular flexibility index (Phi) is 6.79. The number of halogens is 5. The lowest BCUT2D eigenvalue weighted by atomic mass is 10.0. The van der Waals surface area contributed by atoms with Gasteiger partial charge >= 0.3 is 12.2 Å². The van der Waals surface area contributed by atoms with Crippen LogP contribution in [0.5, 0.6) is 0 Å². The van der Waals surface area contributed by atoms with Gasteiger partial charge in [-0.3, -0.25) is 4.21 Å². The zero-order valence-corrected chi connectivity index (χ0v) is 19.1. The fourth-order valence-electron chi connectivity index (χ4n) is 4.34. The molecular formula is C22H23F5N4O2S. The SMILES string of the molecule is CS(=O)c1ccc(CN2CCN(C3CCN(c4ncc(C(F)(F)F)cc4F)CC3)C2=O)c(F)c1. The second-order valence-electron chi connectivity index (χ2n) is 8.35. The number of hydrogen-bond donors (Lipinski definition) is 0. The minimum atomic E-state index is -4.67. The molecule has 2 amide bonds. The predicted octanol–water partition coefficient (Wildman–Crippen LogP) is 4.02. The third kappa shape index (κ3) is 5.01. The van der Waals surface area contributed by atoms with Gasteiger partial charge in [-0.25, -0.2) is 18.6 Å². The summed E-state index contributed by atoms with van der Waals surface area (Å²) in [6.07, 6.45) is -1.57. The van der Waals surface area contributed by atoms with Crippen molar-refractivity contribution in [3.63, 3.8) is 0 Å². The zero-order valence-electron chi connectivity index (χ0n) is 18.3. The molecule has 3 heterocycles. The molecule has 2 aliphatic heterocycles. The largest absolute Gasteiger partial charge is 0.417 e. The van der Waals surface area contributed by atoms with E-state index in [1.54, 1.807) is 20.8 Å². The Morgan fingerprint density at radius 3 is 2.35 bits per heavy atom. The zero-order chi connectivity index (χ0) is 24.6. The van der Waals surface area contributed by atoms with Gasteiger partial charge in [0, 0.05) is 65.9 Å². The quantitative estimate of drug-likeness (QED) is 0.580. The van der Waals surface area contributed by atoms with Gasteiger partial charge in [-0.05, 0) is 31.0 Å². The molecule has 0 spiro atoms. The van der Waals surface area contributed by atoms with Crippen LogP contribution >= 0.6 is 0 Å². The van der Waals surface area contributed by atoms with Crippen molar-refractivity contribution in [3.8, 4) is 0 Å². The number of pyridine rings is 1.